The van der Waals surface area contributed by atoms with E-state index in [-0.39, 0.29) is 17.1 Å². The second kappa shape index (κ2) is 8.97. The van der Waals surface area contributed by atoms with Crippen molar-refractivity contribution in [1.29, 1.82) is 0 Å². The van der Waals surface area contributed by atoms with E-state index in [9.17, 15) is 19.8 Å². The SMILES string of the molecule is COc1cccc(C(O)=C2C(=O)C(=O)N(CCCn3ccnc3)C2c2ccc(O)cc2)c1. The predicted octanol–water partition coefficient (Wildman–Crippen LogP) is 3.11. The highest BCUT2D eigenvalue weighted by molar-refractivity contribution is 6.46. The summed E-state index contributed by atoms with van der Waals surface area (Å²) in [6.45, 7) is 0.935. The number of Topliss-reactive ketones (excluding diaryl/α,β-unsaturated/α-hetero) is 1. The molecule has 164 valence electrons. The number of hydrogen-bond donors (Lipinski definition) is 2. The predicted molar refractivity (Wildman–Crippen MR) is 117 cm³/mol. The number of phenolic OH excluding ortho intramolecular Hbond substituents is 1. The van der Waals surface area contributed by atoms with Gasteiger partial charge in [0.05, 0.1) is 25.1 Å². The van der Waals surface area contributed by atoms with Crippen LogP contribution in [0.1, 0.15) is 23.6 Å². The molecule has 0 bridgehead atoms. The van der Waals surface area contributed by atoms with Crippen LogP contribution in [-0.2, 0) is 16.1 Å². The first-order valence-electron chi connectivity index (χ1n) is 10.2. The largest absolute Gasteiger partial charge is 0.508 e. The molecule has 1 aliphatic rings. The van der Waals surface area contributed by atoms with Crippen molar-refractivity contribution in [3.05, 3.63) is 84.0 Å². The Hall–Kier alpha value is -4.07. The fourth-order valence-electron chi connectivity index (χ4n) is 3.88. The molecule has 0 aliphatic carbocycles. The molecule has 1 saturated heterocycles. The number of imidazole rings is 1. The number of hydrogen-bond acceptors (Lipinski definition) is 6. The summed E-state index contributed by atoms with van der Waals surface area (Å²) in [6.07, 6.45) is 5.79. The van der Waals surface area contributed by atoms with Crippen molar-refractivity contribution in [3.8, 4) is 11.5 Å². The standard InChI is InChI=1S/C24H23N3O5/c1-32-19-5-2-4-17(14-19)22(29)20-21(16-6-8-18(28)9-7-16)27(24(31)23(20)30)12-3-11-26-13-10-25-15-26/h2,4-10,13-15,21,28-29H,3,11-12H2,1H3. The van der Waals surface area contributed by atoms with Crippen molar-refractivity contribution < 1.29 is 24.5 Å². The minimum atomic E-state index is -0.774. The van der Waals surface area contributed by atoms with E-state index in [1.165, 1.54) is 24.1 Å². The minimum absolute atomic E-state index is 0.0107. The zero-order valence-electron chi connectivity index (χ0n) is 17.5. The lowest BCUT2D eigenvalue weighted by molar-refractivity contribution is -0.139. The molecule has 0 spiro atoms. The number of carbonyl (C=O) groups excluding carboxylic acids is 2. The highest BCUT2D eigenvalue weighted by Crippen LogP contribution is 2.40. The van der Waals surface area contributed by atoms with Crippen molar-refractivity contribution in [1.82, 2.24) is 14.5 Å². The molecule has 2 N–H and O–H groups in total. The summed E-state index contributed by atoms with van der Waals surface area (Å²) in [5.74, 6) is -1.09. The summed E-state index contributed by atoms with van der Waals surface area (Å²) in [4.78, 5) is 31.5. The van der Waals surface area contributed by atoms with Crippen molar-refractivity contribution in [2.24, 2.45) is 0 Å². The summed E-state index contributed by atoms with van der Waals surface area (Å²) in [5, 5.41) is 20.8. The van der Waals surface area contributed by atoms with Gasteiger partial charge in [-0.15, -0.1) is 0 Å². The fourth-order valence-corrected chi connectivity index (χ4v) is 3.88. The maximum absolute atomic E-state index is 13.0. The van der Waals surface area contributed by atoms with Gasteiger partial charge in [-0.3, -0.25) is 9.59 Å². The first kappa shape index (κ1) is 21.2. The highest BCUT2D eigenvalue weighted by Gasteiger charge is 2.45. The van der Waals surface area contributed by atoms with Crippen LogP contribution in [0.3, 0.4) is 0 Å². The topological polar surface area (TPSA) is 105 Å². The van der Waals surface area contributed by atoms with E-state index >= 15 is 0 Å². The van der Waals surface area contributed by atoms with E-state index in [4.69, 9.17) is 4.74 Å². The van der Waals surface area contributed by atoms with Gasteiger partial charge in [-0.05, 0) is 36.2 Å². The number of aromatic hydroxyl groups is 1. The number of amides is 1. The summed E-state index contributed by atoms with van der Waals surface area (Å²) in [6, 6.07) is 12.2. The summed E-state index contributed by atoms with van der Waals surface area (Å²) < 4.78 is 7.11. The lowest BCUT2D eigenvalue weighted by atomic mass is 9.95. The number of aliphatic hydroxyl groups excluding tert-OH is 1. The molecule has 3 aromatic rings. The molecule has 4 rings (SSSR count). The summed E-state index contributed by atoms with van der Waals surface area (Å²) >= 11 is 0. The van der Waals surface area contributed by atoms with Gasteiger partial charge >= 0.3 is 0 Å². The maximum Gasteiger partial charge on any atom is 0.295 e. The second-order valence-corrected chi connectivity index (χ2v) is 7.47. The number of benzene rings is 2. The third kappa shape index (κ3) is 4.07. The maximum atomic E-state index is 13.0. The Kier molecular flexibility index (Phi) is 5.93. The summed E-state index contributed by atoms with van der Waals surface area (Å²) in [5.41, 5.74) is 1.01. The van der Waals surface area contributed by atoms with Crippen molar-refractivity contribution in [2.45, 2.75) is 19.0 Å². The van der Waals surface area contributed by atoms with Crippen molar-refractivity contribution in [3.63, 3.8) is 0 Å². The van der Waals surface area contributed by atoms with Gasteiger partial charge in [0.25, 0.3) is 11.7 Å². The molecule has 0 radical (unpaired) electrons. The number of aromatic nitrogens is 2. The molecular weight excluding hydrogens is 410 g/mol. The van der Waals surface area contributed by atoms with Crippen LogP contribution in [0.15, 0.2) is 72.8 Å². The third-order valence-corrected chi connectivity index (χ3v) is 5.47. The Morgan fingerprint density at radius 1 is 1.12 bits per heavy atom. The minimum Gasteiger partial charge on any atom is -0.508 e. The molecule has 8 heteroatoms. The van der Waals surface area contributed by atoms with Crippen LogP contribution in [0.2, 0.25) is 0 Å². The third-order valence-electron chi connectivity index (χ3n) is 5.47. The zero-order chi connectivity index (χ0) is 22.7. The number of likely N-dealkylation sites (tertiary alicyclic amines) is 1. The van der Waals surface area contributed by atoms with Crippen molar-refractivity contribution in [2.75, 3.05) is 13.7 Å². The smallest absolute Gasteiger partial charge is 0.295 e. The quantitative estimate of drug-likeness (QED) is 0.337. The molecule has 8 nitrogen and oxygen atoms in total. The average Bonchev–Trinajstić information content (AvgIpc) is 3.41. The van der Waals surface area contributed by atoms with E-state index in [2.05, 4.69) is 4.98 Å². The van der Waals surface area contributed by atoms with E-state index in [0.717, 1.165) is 0 Å². The Morgan fingerprint density at radius 2 is 1.91 bits per heavy atom. The molecule has 1 unspecified atom stereocenters. The summed E-state index contributed by atoms with van der Waals surface area (Å²) in [7, 11) is 1.51. The Morgan fingerprint density at radius 3 is 2.59 bits per heavy atom. The second-order valence-electron chi connectivity index (χ2n) is 7.47. The zero-order valence-corrected chi connectivity index (χ0v) is 17.5. The van der Waals surface area contributed by atoms with Gasteiger partial charge in [-0.25, -0.2) is 4.98 Å². The van der Waals surface area contributed by atoms with Gasteiger partial charge in [0, 0.05) is 31.0 Å². The number of carbonyl (C=O) groups is 2. The van der Waals surface area contributed by atoms with Gasteiger partial charge < -0.3 is 24.4 Å². The Labute approximate surface area is 185 Å². The molecule has 2 aromatic carbocycles. The molecule has 1 atom stereocenters. The number of phenols is 1. The molecule has 2 heterocycles. The molecule has 1 fully saturated rings. The lowest BCUT2D eigenvalue weighted by Gasteiger charge is -2.25. The lowest BCUT2D eigenvalue weighted by Crippen LogP contribution is -2.31. The molecule has 1 aliphatic heterocycles. The van der Waals surface area contributed by atoms with Gasteiger partial charge in [0.2, 0.25) is 0 Å². The van der Waals surface area contributed by atoms with Crippen LogP contribution in [0.25, 0.3) is 5.76 Å². The van der Waals surface area contributed by atoms with Crippen LogP contribution in [-0.4, -0.2) is 50.0 Å². The first-order valence-corrected chi connectivity index (χ1v) is 10.2. The molecule has 32 heavy (non-hydrogen) atoms. The molecule has 0 saturated carbocycles. The molecular formula is C24H23N3O5. The number of aryl methyl sites for hydroxylation is 1. The van der Waals surface area contributed by atoms with Crippen LogP contribution in [0.5, 0.6) is 11.5 Å². The Balaban J connectivity index is 1.73. The number of ether oxygens (including phenoxy) is 1. The van der Waals surface area contributed by atoms with Crippen LogP contribution >= 0.6 is 0 Å². The first-order chi connectivity index (χ1) is 15.5. The average molecular weight is 433 g/mol. The van der Waals surface area contributed by atoms with Crippen LogP contribution < -0.4 is 4.74 Å². The van der Waals surface area contributed by atoms with Gasteiger partial charge in [-0.1, -0.05) is 24.3 Å². The monoisotopic (exact) mass is 433 g/mol. The number of aliphatic hydroxyl groups is 1. The highest BCUT2D eigenvalue weighted by atomic mass is 16.5. The van der Waals surface area contributed by atoms with Gasteiger partial charge in [-0.2, -0.15) is 0 Å². The van der Waals surface area contributed by atoms with Gasteiger partial charge in [0.15, 0.2) is 0 Å². The molecule has 1 amide bonds. The number of nitrogens with zero attached hydrogens (tertiary/aromatic N) is 3. The van der Waals surface area contributed by atoms with E-state index in [0.29, 0.717) is 36.4 Å². The molecule has 1 aromatic heterocycles. The van der Waals surface area contributed by atoms with Crippen LogP contribution in [0.4, 0.5) is 0 Å². The van der Waals surface area contributed by atoms with Gasteiger partial charge in [0.1, 0.15) is 17.3 Å². The normalized spacial score (nSPS) is 17.7. The van der Waals surface area contributed by atoms with Crippen LogP contribution in [0, 0.1) is 0 Å². The number of ketones is 1. The number of methoxy groups -OCH3 is 1. The van der Waals surface area contributed by atoms with E-state index < -0.39 is 17.7 Å². The van der Waals surface area contributed by atoms with E-state index in [1.807, 2.05) is 10.8 Å². The van der Waals surface area contributed by atoms with E-state index in [1.54, 1.807) is 48.9 Å². The Bertz CT molecular complexity index is 1150. The fraction of sp³-hybridized carbons (Fsp3) is 0.208. The van der Waals surface area contributed by atoms with Crippen molar-refractivity contribution >= 4 is 17.4 Å². The number of rotatable bonds is 7.